The van der Waals surface area contributed by atoms with Gasteiger partial charge in [-0.3, -0.25) is 0 Å². The molecule has 0 atom stereocenters. The Kier molecular flexibility index (Phi) is 2.61. The zero-order valence-electron chi connectivity index (χ0n) is 6.87. The van der Waals surface area contributed by atoms with Crippen LogP contribution in [-0.4, -0.2) is 17.2 Å². The molecule has 1 heterocycles. The summed E-state index contributed by atoms with van der Waals surface area (Å²) in [5.41, 5.74) is 0. The maximum absolute atomic E-state index is 13.5. The van der Waals surface area contributed by atoms with E-state index in [0.717, 1.165) is 11.3 Å². The van der Waals surface area contributed by atoms with Crippen LogP contribution in [0.4, 0.5) is 4.39 Å². The van der Waals surface area contributed by atoms with Gasteiger partial charge in [-0.25, -0.2) is 4.39 Å². The van der Waals surface area contributed by atoms with E-state index in [1.807, 2.05) is 0 Å². The third kappa shape index (κ3) is 1.59. The van der Waals surface area contributed by atoms with Gasteiger partial charge in [-0.15, -0.1) is 11.3 Å². The van der Waals surface area contributed by atoms with Gasteiger partial charge in [0.1, 0.15) is 0 Å². The number of hydrogen-bond acceptors (Lipinski definition) is 3. The van der Waals surface area contributed by atoms with Crippen molar-refractivity contribution in [3.63, 3.8) is 0 Å². The Balaban J connectivity index is 2.71. The largest absolute Gasteiger partial charge is 0.499 e. The molecule has 2 nitrogen and oxygen atoms in total. The van der Waals surface area contributed by atoms with Crippen molar-refractivity contribution in [3.8, 4) is 0 Å². The van der Waals surface area contributed by atoms with E-state index in [1.54, 1.807) is 18.2 Å². The Morgan fingerprint density at radius 1 is 1.36 bits per heavy atom. The van der Waals surface area contributed by atoms with Crippen LogP contribution in [-0.2, 0) is 0 Å². The topological polar surface area (TPSA) is 40.5 Å². The molecule has 0 spiro atoms. The molecule has 0 amide bonds. The average molecular weight is 275 g/mol. The number of halogens is 2. The smallest absolute Gasteiger partial charge is 0.423 e. The third-order valence-electron chi connectivity index (χ3n) is 1.85. The first-order valence-electron chi connectivity index (χ1n) is 3.83. The van der Waals surface area contributed by atoms with Crippen LogP contribution in [0.5, 0.6) is 0 Å². The number of hydrogen-bond donors (Lipinski definition) is 2. The van der Waals surface area contributed by atoms with Crippen LogP contribution in [0, 0.1) is 5.82 Å². The van der Waals surface area contributed by atoms with Gasteiger partial charge in [0, 0.05) is 4.78 Å². The molecule has 0 saturated carbocycles. The maximum atomic E-state index is 13.5. The first-order valence-corrected chi connectivity index (χ1v) is 5.44. The quantitative estimate of drug-likeness (QED) is 0.774. The molecule has 0 aliphatic carbocycles. The van der Waals surface area contributed by atoms with Crippen molar-refractivity contribution in [1.82, 2.24) is 0 Å². The van der Waals surface area contributed by atoms with Gasteiger partial charge in [0.2, 0.25) is 0 Å². The average Bonchev–Trinajstić information content (AvgIpc) is 2.56. The molecule has 2 aromatic rings. The number of rotatable bonds is 1. The van der Waals surface area contributed by atoms with E-state index in [0.29, 0.717) is 19.3 Å². The molecule has 14 heavy (non-hydrogen) atoms. The molecule has 72 valence electrons. The molecule has 0 aliphatic rings. The standard InChI is InChI=1S/C8H5BBrFO2S/c10-5-2-1-4-3-6(9(12)13)14-8(4)7(5)11/h1-3,12-13H. The van der Waals surface area contributed by atoms with Crippen LogP contribution in [0.15, 0.2) is 22.7 Å². The van der Waals surface area contributed by atoms with Gasteiger partial charge in [-0.1, -0.05) is 6.07 Å². The Hall–Kier alpha value is -0.425. The molecule has 0 aliphatic heterocycles. The minimum absolute atomic E-state index is 0.344. The second kappa shape index (κ2) is 3.62. The van der Waals surface area contributed by atoms with Crippen molar-refractivity contribution in [2.45, 2.75) is 0 Å². The van der Waals surface area contributed by atoms with E-state index in [1.165, 1.54) is 0 Å². The zero-order chi connectivity index (χ0) is 10.3. The monoisotopic (exact) mass is 274 g/mol. The summed E-state index contributed by atoms with van der Waals surface area (Å²) in [6.07, 6.45) is 0. The molecular weight excluding hydrogens is 270 g/mol. The van der Waals surface area contributed by atoms with Crippen molar-refractivity contribution in [3.05, 3.63) is 28.5 Å². The molecule has 0 fully saturated rings. The molecule has 0 saturated heterocycles. The SMILES string of the molecule is OB(O)c1cc2ccc(Br)c(F)c2s1. The fourth-order valence-corrected chi connectivity index (χ4v) is 2.63. The fourth-order valence-electron chi connectivity index (χ4n) is 1.19. The highest BCUT2D eigenvalue weighted by molar-refractivity contribution is 9.10. The van der Waals surface area contributed by atoms with Gasteiger partial charge in [0.05, 0.1) is 9.17 Å². The van der Waals surface area contributed by atoms with E-state index < -0.39 is 7.12 Å². The summed E-state index contributed by atoms with van der Waals surface area (Å²) in [5.74, 6) is -0.362. The second-order valence-corrected chi connectivity index (χ2v) is 4.74. The van der Waals surface area contributed by atoms with Crippen molar-refractivity contribution < 1.29 is 14.4 Å². The number of benzene rings is 1. The molecular formula is C8H5BBrFO2S. The van der Waals surface area contributed by atoms with Gasteiger partial charge in [0.25, 0.3) is 0 Å². The summed E-state index contributed by atoms with van der Waals surface area (Å²) in [5, 5.41) is 18.5. The summed E-state index contributed by atoms with van der Waals surface area (Å²) < 4.78 is 14.6. The maximum Gasteiger partial charge on any atom is 0.499 e. The van der Waals surface area contributed by atoms with Crippen molar-refractivity contribution in [1.29, 1.82) is 0 Å². The lowest BCUT2D eigenvalue weighted by Gasteiger charge is -1.93. The van der Waals surface area contributed by atoms with E-state index in [9.17, 15) is 4.39 Å². The van der Waals surface area contributed by atoms with E-state index in [-0.39, 0.29) is 5.82 Å². The van der Waals surface area contributed by atoms with Crippen LogP contribution < -0.4 is 4.78 Å². The van der Waals surface area contributed by atoms with E-state index >= 15 is 0 Å². The summed E-state index contributed by atoms with van der Waals surface area (Å²) >= 11 is 4.11. The number of fused-ring (bicyclic) bond motifs is 1. The lowest BCUT2D eigenvalue weighted by molar-refractivity contribution is 0.427. The summed E-state index contributed by atoms with van der Waals surface area (Å²) in [6.45, 7) is 0. The van der Waals surface area contributed by atoms with Crippen molar-refractivity contribution in [2.24, 2.45) is 0 Å². The molecule has 1 aromatic carbocycles. The molecule has 0 unspecified atom stereocenters. The first kappa shape index (κ1) is 10.1. The first-order chi connectivity index (χ1) is 6.59. The lowest BCUT2D eigenvalue weighted by Crippen LogP contribution is -2.26. The molecule has 2 rings (SSSR count). The second-order valence-electron chi connectivity index (χ2n) is 2.80. The predicted molar refractivity (Wildman–Crippen MR) is 59.3 cm³/mol. The third-order valence-corrected chi connectivity index (χ3v) is 3.65. The number of thiophene rings is 1. The predicted octanol–water partition coefficient (Wildman–Crippen LogP) is 1.48. The van der Waals surface area contributed by atoms with Gasteiger partial charge >= 0.3 is 7.12 Å². The summed E-state index contributed by atoms with van der Waals surface area (Å²) in [6, 6.07) is 4.89. The van der Waals surface area contributed by atoms with Gasteiger partial charge in [0.15, 0.2) is 5.82 Å². The Labute approximate surface area is 92.3 Å². The Morgan fingerprint density at radius 2 is 2.07 bits per heavy atom. The molecule has 0 radical (unpaired) electrons. The van der Waals surface area contributed by atoms with Gasteiger partial charge < -0.3 is 10.0 Å². The molecule has 0 bridgehead atoms. The Bertz CT molecular complexity index is 485. The van der Waals surface area contributed by atoms with Crippen molar-refractivity contribution in [2.75, 3.05) is 0 Å². The normalized spacial score (nSPS) is 10.9. The van der Waals surface area contributed by atoms with Crippen LogP contribution >= 0.6 is 27.3 Å². The Morgan fingerprint density at radius 3 is 2.71 bits per heavy atom. The molecule has 2 N–H and O–H groups in total. The highest BCUT2D eigenvalue weighted by atomic mass is 79.9. The van der Waals surface area contributed by atoms with Crippen molar-refractivity contribution >= 4 is 49.2 Å². The van der Waals surface area contributed by atoms with Gasteiger partial charge in [-0.2, -0.15) is 0 Å². The van der Waals surface area contributed by atoms with Gasteiger partial charge in [-0.05, 0) is 33.4 Å². The van der Waals surface area contributed by atoms with E-state index in [4.69, 9.17) is 10.0 Å². The van der Waals surface area contributed by atoms with E-state index in [2.05, 4.69) is 15.9 Å². The highest BCUT2D eigenvalue weighted by Gasteiger charge is 2.17. The zero-order valence-corrected chi connectivity index (χ0v) is 9.27. The van der Waals surface area contributed by atoms with Crippen LogP contribution in [0.1, 0.15) is 0 Å². The lowest BCUT2D eigenvalue weighted by atomic mass is 9.89. The van der Waals surface area contributed by atoms with Crippen LogP contribution in [0.25, 0.3) is 10.1 Å². The molecule has 1 aromatic heterocycles. The summed E-state index contributed by atoms with van der Waals surface area (Å²) in [4.78, 5) is 0. The fraction of sp³-hybridized carbons (Fsp3) is 0. The molecule has 6 heteroatoms. The highest BCUT2D eigenvalue weighted by Crippen LogP contribution is 2.27. The van der Waals surface area contributed by atoms with Crippen LogP contribution in [0.2, 0.25) is 0 Å². The minimum Gasteiger partial charge on any atom is -0.423 e. The van der Waals surface area contributed by atoms with Crippen LogP contribution in [0.3, 0.4) is 0 Å². The minimum atomic E-state index is -1.54. The summed E-state index contributed by atoms with van der Waals surface area (Å²) in [7, 11) is -1.54.